The summed E-state index contributed by atoms with van der Waals surface area (Å²) in [6.07, 6.45) is 0. The van der Waals surface area contributed by atoms with Crippen LogP contribution in [0.1, 0.15) is 28.3 Å². The lowest BCUT2D eigenvalue weighted by atomic mass is 10.0. The molecule has 100 valence electrons. The van der Waals surface area contributed by atoms with Crippen molar-refractivity contribution in [2.24, 2.45) is 0 Å². The van der Waals surface area contributed by atoms with Crippen LogP contribution in [0, 0.1) is 13.8 Å². The summed E-state index contributed by atoms with van der Waals surface area (Å²) in [6, 6.07) is 16.6. The maximum atomic E-state index is 9.56. The maximum absolute atomic E-state index is 9.56. The quantitative estimate of drug-likeness (QED) is 0.860. The molecule has 2 aromatic carbocycles. The van der Waals surface area contributed by atoms with E-state index >= 15 is 0 Å². The lowest BCUT2D eigenvalue weighted by Gasteiger charge is -2.18. The summed E-state index contributed by atoms with van der Waals surface area (Å²) in [5, 5.41) is 13.0. The predicted octanol–water partition coefficient (Wildman–Crippen LogP) is 3.13. The fraction of sp³-hybridized carbons (Fsp3) is 0.294. The van der Waals surface area contributed by atoms with Gasteiger partial charge in [-0.1, -0.05) is 48.5 Å². The van der Waals surface area contributed by atoms with E-state index in [1.807, 2.05) is 18.2 Å². The second kappa shape index (κ2) is 6.50. The normalized spacial score (nSPS) is 12.4. The third-order valence-electron chi connectivity index (χ3n) is 3.51. The first-order chi connectivity index (χ1) is 9.20. The Morgan fingerprint density at radius 1 is 1.00 bits per heavy atom. The van der Waals surface area contributed by atoms with Crippen LogP contribution in [0.15, 0.2) is 48.5 Å². The van der Waals surface area contributed by atoms with Crippen molar-refractivity contribution in [1.29, 1.82) is 0 Å². The van der Waals surface area contributed by atoms with Gasteiger partial charge in [0.15, 0.2) is 0 Å². The van der Waals surface area contributed by atoms with Crippen LogP contribution in [0.5, 0.6) is 0 Å². The molecule has 0 saturated carbocycles. The van der Waals surface area contributed by atoms with Crippen LogP contribution >= 0.6 is 0 Å². The average molecular weight is 255 g/mol. The highest BCUT2D eigenvalue weighted by Crippen LogP contribution is 2.17. The van der Waals surface area contributed by atoms with Gasteiger partial charge in [-0.15, -0.1) is 0 Å². The van der Waals surface area contributed by atoms with Crippen molar-refractivity contribution < 1.29 is 5.11 Å². The molecule has 0 bridgehead atoms. The zero-order chi connectivity index (χ0) is 13.7. The van der Waals surface area contributed by atoms with Gasteiger partial charge in [-0.25, -0.2) is 0 Å². The molecule has 0 fully saturated rings. The van der Waals surface area contributed by atoms with Gasteiger partial charge < -0.3 is 10.4 Å². The van der Waals surface area contributed by atoms with Crippen LogP contribution in [0.3, 0.4) is 0 Å². The first-order valence-electron chi connectivity index (χ1n) is 6.66. The van der Waals surface area contributed by atoms with Crippen molar-refractivity contribution in [2.75, 3.05) is 6.61 Å². The van der Waals surface area contributed by atoms with Gasteiger partial charge in [0.1, 0.15) is 0 Å². The van der Waals surface area contributed by atoms with E-state index in [9.17, 15) is 5.11 Å². The molecule has 0 amide bonds. The molecule has 0 spiro atoms. The molecule has 0 aliphatic rings. The summed E-state index contributed by atoms with van der Waals surface area (Å²) in [5.41, 5.74) is 4.91. The van der Waals surface area contributed by atoms with E-state index in [-0.39, 0.29) is 12.6 Å². The van der Waals surface area contributed by atoms with E-state index in [4.69, 9.17) is 0 Å². The van der Waals surface area contributed by atoms with Crippen molar-refractivity contribution in [3.63, 3.8) is 0 Å². The third kappa shape index (κ3) is 3.66. The van der Waals surface area contributed by atoms with E-state index in [1.165, 1.54) is 16.7 Å². The Balaban J connectivity index is 2.05. The molecule has 2 heteroatoms. The standard InChI is InChI=1S/C17H21NO/c1-13-8-9-16(10-14(13)2)17(12-19)18-11-15-6-4-3-5-7-15/h3-10,17-19H,11-12H2,1-2H3. The number of aryl methyl sites for hydroxylation is 2. The van der Waals surface area contributed by atoms with Gasteiger partial charge in [0.2, 0.25) is 0 Å². The molecule has 0 heterocycles. The Morgan fingerprint density at radius 3 is 2.37 bits per heavy atom. The Bertz CT molecular complexity index is 522. The number of benzene rings is 2. The number of hydrogen-bond acceptors (Lipinski definition) is 2. The zero-order valence-corrected chi connectivity index (χ0v) is 11.6. The predicted molar refractivity (Wildman–Crippen MR) is 79.0 cm³/mol. The van der Waals surface area contributed by atoms with Crippen molar-refractivity contribution >= 4 is 0 Å². The average Bonchev–Trinajstić information content (AvgIpc) is 2.44. The summed E-state index contributed by atoms with van der Waals surface area (Å²) in [6.45, 7) is 5.07. The molecule has 2 nitrogen and oxygen atoms in total. The molecule has 2 rings (SSSR count). The minimum atomic E-state index is -0.0143. The van der Waals surface area contributed by atoms with Gasteiger partial charge in [0.05, 0.1) is 12.6 Å². The van der Waals surface area contributed by atoms with E-state index < -0.39 is 0 Å². The topological polar surface area (TPSA) is 32.3 Å². The van der Waals surface area contributed by atoms with Crippen LogP contribution in [-0.4, -0.2) is 11.7 Å². The molecule has 0 aliphatic carbocycles. The van der Waals surface area contributed by atoms with Gasteiger partial charge in [0.25, 0.3) is 0 Å². The van der Waals surface area contributed by atoms with Crippen molar-refractivity contribution in [2.45, 2.75) is 26.4 Å². The Morgan fingerprint density at radius 2 is 1.74 bits per heavy atom. The lowest BCUT2D eigenvalue weighted by molar-refractivity contribution is 0.243. The Labute approximate surface area is 115 Å². The number of rotatable bonds is 5. The van der Waals surface area contributed by atoms with Crippen LogP contribution in [0.4, 0.5) is 0 Å². The SMILES string of the molecule is Cc1ccc(C(CO)NCc2ccccc2)cc1C. The van der Waals surface area contributed by atoms with Crippen LogP contribution in [-0.2, 0) is 6.54 Å². The van der Waals surface area contributed by atoms with Crippen molar-refractivity contribution in [3.8, 4) is 0 Å². The summed E-state index contributed by atoms with van der Waals surface area (Å²) < 4.78 is 0. The van der Waals surface area contributed by atoms with Gasteiger partial charge >= 0.3 is 0 Å². The molecule has 2 N–H and O–H groups in total. The summed E-state index contributed by atoms with van der Waals surface area (Å²) in [4.78, 5) is 0. The maximum Gasteiger partial charge on any atom is 0.0626 e. The molecular formula is C17H21NO. The molecule has 1 unspecified atom stereocenters. The lowest BCUT2D eigenvalue weighted by Crippen LogP contribution is -2.24. The molecule has 0 aliphatic heterocycles. The van der Waals surface area contributed by atoms with E-state index in [1.54, 1.807) is 0 Å². The number of hydrogen-bond donors (Lipinski definition) is 2. The molecule has 0 radical (unpaired) electrons. The van der Waals surface area contributed by atoms with Gasteiger partial charge in [0, 0.05) is 6.54 Å². The molecule has 19 heavy (non-hydrogen) atoms. The molecule has 0 aromatic heterocycles. The molecule has 1 atom stereocenters. The van der Waals surface area contributed by atoms with E-state index in [0.717, 1.165) is 12.1 Å². The van der Waals surface area contributed by atoms with Crippen molar-refractivity contribution in [1.82, 2.24) is 5.32 Å². The monoisotopic (exact) mass is 255 g/mol. The highest BCUT2D eigenvalue weighted by molar-refractivity contribution is 5.32. The minimum absolute atomic E-state index is 0.0143. The second-order valence-electron chi connectivity index (χ2n) is 4.95. The summed E-state index contributed by atoms with van der Waals surface area (Å²) >= 11 is 0. The Hall–Kier alpha value is -1.64. The third-order valence-corrected chi connectivity index (χ3v) is 3.51. The van der Waals surface area contributed by atoms with Gasteiger partial charge in [-0.3, -0.25) is 0 Å². The molecule has 2 aromatic rings. The van der Waals surface area contributed by atoms with Crippen molar-refractivity contribution in [3.05, 3.63) is 70.8 Å². The van der Waals surface area contributed by atoms with E-state index in [2.05, 4.69) is 49.5 Å². The van der Waals surface area contributed by atoms with Gasteiger partial charge in [-0.05, 0) is 36.1 Å². The number of aliphatic hydroxyl groups excluding tert-OH is 1. The minimum Gasteiger partial charge on any atom is -0.394 e. The number of aliphatic hydroxyl groups is 1. The fourth-order valence-electron chi connectivity index (χ4n) is 2.11. The van der Waals surface area contributed by atoms with Crippen LogP contribution < -0.4 is 5.32 Å². The molecular weight excluding hydrogens is 234 g/mol. The largest absolute Gasteiger partial charge is 0.394 e. The summed E-state index contributed by atoms with van der Waals surface area (Å²) in [5.74, 6) is 0. The van der Waals surface area contributed by atoms with Crippen LogP contribution in [0.25, 0.3) is 0 Å². The first kappa shape index (κ1) is 13.8. The first-order valence-corrected chi connectivity index (χ1v) is 6.66. The second-order valence-corrected chi connectivity index (χ2v) is 4.95. The zero-order valence-electron chi connectivity index (χ0n) is 11.6. The highest BCUT2D eigenvalue weighted by Gasteiger charge is 2.10. The molecule has 0 saturated heterocycles. The summed E-state index contributed by atoms with van der Waals surface area (Å²) in [7, 11) is 0. The van der Waals surface area contributed by atoms with Crippen LogP contribution in [0.2, 0.25) is 0 Å². The Kier molecular flexibility index (Phi) is 4.72. The fourth-order valence-corrected chi connectivity index (χ4v) is 2.11. The number of nitrogens with one attached hydrogen (secondary N) is 1. The van der Waals surface area contributed by atoms with E-state index in [0.29, 0.717) is 0 Å². The van der Waals surface area contributed by atoms with Gasteiger partial charge in [-0.2, -0.15) is 0 Å². The highest BCUT2D eigenvalue weighted by atomic mass is 16.3. The smallest absolute Gasteiger partial charge is 0.0626 e.